The van der Waals surface area contributed by atoms with Gasteiger partial charge in [0.1, 0.15) is 0 Å². The first-order valence-electron chi connectivity index (χ1n) is 5.73. The van der Waals surface area contributed by atoms with Crippen LogP contribution in [0, 0.1) is 12.8 Å². The number of amides is 1. The number of aryl methyl sites for hydroxylation is 1. The summed E-state index contributed by atoms with van der Waals surface area (Å²) in [5, 5.41) is 9.77. The summed E-state index contributed by atoms with van der Waals surface area (Å²) in [6.45, 7) is 2.44. The van der Waals surface area contributed by atoms with Gasteiger partial charge in [0.2, 0.25) is 5.91 Å². The predicted molar refractivity (Wildman–Crippen MR) is 72.4 cm³/mol. The van der Waals surface area contributed by atoms with Crippen molar-refractivity contribution in [3.8, 4) is 0 Å². The van der Waals surface area contributed by atoms with E-state index in [-0.39, 0.29) is 11.5 Å². The molecule has 0 radical (unpaired) electrons. The molecule has 1 unspecified atom stereocenters. The van der Waals surface area contributed by atoms with Crippen LogP contribution in [0.2, 0.25) is 0 Å². The summed E-state index contributed by atoms with van der Waals surface area (Å²) in [6, 6.07) is 5.02. The minimum absolute atomic E-state index is 0.0990. The van der Waals surface area contributed by atoms with Crippen LogP contribution >= 0.6 is 15.9 Å². The first kappa shape index (κ1) is 13.1. The van der Waals surface area contributed by atoms with Gasteiger partial charge in [0.15, 0.2) is 0 Å². The van der Waals surface area contributed by atoms with E-state index in [1.54, 1.807) is 30.0 Å². The number of rotatable bonds is 3. The average molecular weight is 312 g/mol. The summed E-state index contributed by atoms with van der Waals surface area (Å²) in [7, 11) is 0. The Bertz CT molecular complexity index is 501. The van der Waals surface area contributed by atoms with E-state index in [4.69, 9.17) is 5.11 Å². The second-order valence-corrected chi connectivity index (χ2v) is 5.18. The van der Waals surface area contributed by atoms with Crippen molar-refractivity contribution in [3.63, 3.8) is 0 Å². The maximum absolute atomic E-state index is 11.9. The van der Waals surface area contributed by atoms with Gasteiger partial charge in [-0.1, -0.05) is 15.9 Å². The molecule has 5 heteroatoms. The Morgan fingerprint density at radius 3 is 2.78 bits per heavy atom. The SMILES string of the molecule is Cc1cc(N2CC(CBr)CC2=O)ccc1C(=O)O. The summed E-state index contributed by atoms with van der Waals surface area (Å²) >= 11 is 3.39. The van der Waals surface area contributed by atoms with E-state index >= 15 is 0 Å². The maximum Gasteiger partial charge on any atom is 0.335 e. The van der Waals surface area contributed by atoms with Crippen molar-refractivity contribution < 1.29 is 14.7 Å². The van der Waals surface area contributed by atoms with Crippen molar-refractivity contribution in [2.75, 3.05) is 16.8 Å². The van der Waals surface area contributed by atoms with E-state index in [9.17, 15) is 9.59 Å². The van der Waals surface area contributed by atoms with Crippen LogP contribution in [0.3, 0.4) is 0 Å². The largest absolute Gasteiger partial charge is 0.478 e. The average Bonchev–Trinajstić information content (AvgIpc) is 2.70. The van der Waals surface area contributed by atoms with E-state index in [1.807, 2.05) is 0 Å². The monoisotopic (exact) mass is 311 g/mol. The van der Waals surface area contributed by atoms with E-state index in [1.165, 1.54) is 0 Å². The zero-order valence-electron chi connectivity index (χ0n) is 10.0. The molecule has 2 rings (SSSR count). The number of alkyl halides is 1. The Kier molecular flexibility index (Phi) is 3.71. The van der Waals surface area contributed by atoms with Crippen molar-refractivity contribution in [2.45, 2.75) is 13.3 Å². The standard InChI is InChI=1S/C13H14BrNO3/c1-8-4-10(2-3-11(8)13(17)18)15-7-9(6-14)5-12(15)16/h2-4,9H,5-7H2,1H3,(H,17,18). The van der Waals surface area contributed by atoms with Crippen LogP contribution < -0.4 is 4.90 Å². The number of halogens is 1. The molecule has 1 amide bonds. The minimum Gasteiger partial charge on any atom is -0.478 e. The van der Waals surface area contributed by atoms with Crippen molar-refractivity contribution in [1.82, 2.24) is 0 Å². The molecule has 4 nitrogen and oxygen atoms in total. The lowest BCUT2D eigenvalue weighted by Crippen LogP contribution is -2.24. The lowest BCUT2D eigenvalue weighted by atomic mass is 10.1. The second kappa shape index (κ2) is 5.10. The van der Waals surface area contributed by atoms with Gasteiger partial charge in [-0.15, -0.1) is 0 Å². The number of carbonyl (C=O) groups is 2. The van der Waals surface area contributed by atoms with Crippen LogP contribution in [0.5, 0.6) is 0 Å². The summed E-state index contributed by atoms with van der Waals surface area (Å²) < 4.78 is 0. The van der Waals surface area contributed by atoms with E-state index in [0.717, 1.165) is 11.0 Å². The minimum atomic E-state index is -0.940. The molecule has 0 saturated carbocycles. The van der Waals surface area contributed by atoms with E-state index in [2.05, 4.69) is 15.9 Å². The Hall–Kier alpha value is -1.36. The molecule has 0 aromatic heterocycles. The highest BCUT2D eigenvalue weighted by Crippen LogP contribution is 2.27. The molecule has 1 heterocycles. The topological polar surface area (TPSA) is 57.6 Å². The fourth-order valence-corrected chi connectivity index (χ4v) is 2.62. The zero-order chi connectivity index (χ0) is 13.3. The Balaban J connectivity index is 2.27. The highest BCUT2D eigenvalue weighted by molar-refractivity contribution is 9.09. The molecule has 1 atom stereocenters. The second-order valence-electron chi connectivity index (χ2n) is 4.53. The molecule has 0 aliphatic carbocycles. The number of carboxylic acids is 1. The number of carbonyl (C=O) groups excluding carboxylic acids is 1. The summed E-state index contributed by atoms with van der Waals surface area (Å²) in [5.41, 5.74) is 1.74. The lowest BCUT2D eigenvalue weighted by molar-refractivity contribution is -0.117. The Morgan fingerprint density at radius 1 is 1.56 bits per heavy atom. The van der Waals surface area contributed by atoms with Gasteiger partial charge in [-0.3, -0.25) is 4.79 Å². The highest BCUT2D eigenvalue weighted by Gasteiger charge is 2.30. The first-order chi connectivity index (χ1) is 8.52. The molecule has 1 N–H and O–H groups in total. The lowest BCUT2D eigenvalue weighted by Gasteiger charge is -2.17. The van der Waals surface area contributed by atoms with Crippen LogP contribution in [0.15, 0.2) is 18.2 Å². The third-order valence-corrected chi connectivity index (χ3v) is 4.09. The molecule has 0 spiro atoms. The van der Waals surface area contributed by atoms with Crippen LogP contribution in [-0.4, -0.2) is 28.9 Å². The van der Waals surface area contributed by atoms with Gasteiger partial charge in [-0.05, 0) is 36.6 Å². The zero-order valence-corrected chi connectivity index (χ0v) is 11.6. The number of hydrogen-bond acceptors (Lipinski definition) is 2. The van der Waals surface area contributed by atoms with Crippen LogP contribution in [0.1, 0.15) is 22.3 Å². The van der Waals surface area contributed by atoms with E-state index < -0.39 is 5.97 Å². The normalized spacial score (nSPS) is 19.3. The van der Waals surface area contributed by atoms with Crippen molar-refractivity contribution in [1.29, 1.82) is 0 Å². The number of anilines is 1. The highest BCUT2D eigenvalue weighted by atomic mass is 79.9. The van der Waals surface area contributed by atoms with E-state index in [0.29, 0.717) is 24.4 Å². The molecule has 0 bridgehead atoms. The van der Waals surface area contributed by atoms with Gasteiger partial charge in [0.05, 0.1) is 5.56 Å². The molecule has 1 aliphatic heterocycles. The van der Waals surface area contributed by atoms with Gasteiger partial charge in [-0.2, -0.15) is 0 Å². The van der Waals surface area contributed by atoms with Gasteiger partial charge in [-0.25, -0.2) is 4.79 Å². The first-order valence-corrected chi connectivity index (χ1v) is 6.85. The molecular formula is C13H14BrNO3. The fraction of sp³-hybridized carbons (Fsp3) is 0.385. The number of benzene rings is 1. The quantitative estimate of drug-likeness (QED) is 0.872. The van der Waals surface area contributed by atoms with Crippen LogP contribution in [-0.2, 0) is 4.79 Å². The predicted octanol–water partition coefficient (Wildman–Crippen LogP) is 2.44. The number of carboxylic acid groups (broad SMARTS) is 1. The number of aromatic carboxylic acids is 1. The molecule has 1 aromatic rings. The molecular weight excluding hydrogens is 298 g/mol. The number of hydrogen-bond donors (Lipinski definition) is 1. The molecule has 1 fully saturated rings. The smallest absolute Gasteiger partial charge is 0.335 e. The van der Waals surface area contributed by atoms with Crippen molar-refractivity contribution in [2.24, 2.45) is 5.92 Å². The van der Waals surface area contributed by atoms with Crippen molar-refractivity contribution >= 4 is 33.5 Å². The maximum atomic E-state index is 11.9. The van der Waals surface area contributed by atoms with Gasteiger partial charge in [0, 0.05) is 24.0 Å². The summed E-state index contributed by atoms with van der Waals surface area (Å²) in [6.07, 6.45) is 0.547. The fourth-order valence-electron chi connectivity index (χ4n) is 2.19. The third kappa shape index (κ3) is 2.41. The Labute approximate surface area is 114 Å². The van der Waals surface area contributed by atoms with Crippen LogP contribution in [0.25, 0.3) is 0 Å². The summed E-state index contributed by atoms with van der Waals surface area (Å²) in [4.78, 5) is 24.5. The van der Waals surface area contributed by atoms with Gasteiger partial charge < -0.3 is 10.0 Å². The molecule has 1 saturated heterocycles. The van der Waals surface area contributed by atoms with Crippen LogP contribution in [0.4, 0.5) is 5.69 Å². The van der Waals surface area contributed by atoms with Gasteiger partial charge >= 0.3 is 5.97 Å². The molecule has 18 heavy (non-hydrogen) atoms. The summed E-state index contributed by atoms with van der Waals surface area (Å²) in [5.74, 6) is -0.510. The van der Waals surface area contributed by atoms with Gasteiger partial charge in [0.25, 0.3) is 0 Å². The number of nitrogens with zero attached hydrogens (tertiary/aromatic N) is 1. The Morgan fingerprint density at radius 2 is 2.28 bits per heavy atom. The van der Waals surface area contributed by atoms with Crippen molar-refractivity contribution in [3.05, 3.63) is 29.3 Å². The third-order valence-electron chi connectivity index (χ3n) is 3.18. The molecule has 96 valence electrons. The molecule has 1 aromatic carbocycles. The molecule has 1 aliphatic rings.